The van der Waals surface area contributed by atoms with Crippen molar-refractivity contribution in [2.45, 2.75) is 59.7 Å². The number of aliphatic carboxylic acids is 1. The van der Waals surface area contributed by atoms with Crippen LogP contribution >= 0.6 is 0 Å². The summed E-state index contributed by atoms with van der Waals surface area (Å²) >= 11 is 0. The van der Waals surface area contributed by atoms with Gasteiger partial charge in [0.2, 0.25) is 0 Å². The van der Waals surface area contributed by atoms with E-state index in [1.165, 1.54) is 0 Å². The van der Waals surface area contributed by atoms with Gasteiger partial charge in [-0.15, -0.1) is 0 Å². The Hall–Kier alpha value is -2.82. The molecule has 1 N–H and O–H groups in total. The molecule has 0 aliphatic carbocycles. The Balaban J connectivity index is 2.10. The lowest BCUT2D eigenvalue weighted by Gasteiger charge is -2.22. The number of ether oxygens (including phenoxy) is 2. The average Bonchev–Trinajstić information content (AvgIpc) is 2.61. The number of carbonyl (C=O) groups excluding carboxylic acids is 1. The smallest absolute Gasteiger partial charge is 0.307 e. The number of aryl methyl sites for hydroxylation is 2. The number of esters is 1. The van der Waals surface area contributed by atoms with Crippen LogP contribution in [-0.4, -0.2) is 22.6 Å². The summed E-state index contributed by atoms with van der Waals surface area (Å²) in [6, 6.07) is 13.7. The first-order valence-electron chi connectivity index (χ1n) is 9.76. The van der Waals surface area contributed by atoms with Gasteiger partial charge in [0, 0.05) is 0 Å². The number of hydrogen-bond acceptors (Lipinski definition) is 4. The van der Waals surface area contributed by atoms with Crippen molar-refractivity contribution >= 4 is 11.9 Å². The molecular formula is C24H30O5. The maximum absolute atomic E-state index is 12.1. The van der Waals surface area contributed by atoms with E-state index in [2.05, 4.69) is 0 Å². The second kappa shape index (κ2) is 9.59. The van der Waals surface area contributed by atoms with Gasteiger partial charge < -0.3 is 14.6 Å². The Morgan fingerprint density at radius 1 is 1.03 bits per heavy atom. The number of hydrogen-bond donors (Lipinski definition) is 1. The normalized spacial score (nSPS) is 12.3. The second-order valence-corrected chi connectivity index (χ2v) is 8.34. The third-order valence-corrected chi connectivity index (χ3v) is 4.55. The van der Waals surface area contributed by atoms with Gasteiger partial charge >= 0.3 is 11.9 Å². The number of benzene rings is 2. The largest absolute Gasteiger partial charge is 0.489 e. The van der Waals surface area contributed by atoms with Crippen molar-refractivity contribution in [3.8, 4) is 5.75 Å². The fraction of sp³-hybridized carbons (Fsp3) is 0.417. The van der Waals surface area contributed by atoms with E-state index in [1.54, 1.807) is 20.8 Å². The van der Waals surface area contributed by atoms with Crippen LogP contribution in [0.5, 0.6) is 5.75 Å². The van der Waals surface area contributed by atoms with Gasteiger partial charge in [0.1, 0.15) is 18.0 Å². The van der Waals surface area contributed by atoms with E-state index in [1.807, 2.05) is 56.3 Å². The van der Waals surface area contributed by atoms with Gasteiger partial charge in [-0.25, -0.2) is 0 Å². The molecule has 0 aliphatic rings. The van der Waals surface area contributed by atoms with Crippen molar-refractivity contribution in [3.63, 3.8) is 0 Å². The highest BCUT2D eigenvalue weighted by Crippen LogP contribution is 2.26. The first kappa shape index (κ1) is 22.5. The van der Waals surface area contributed by atoms with Gasteiger partial charge in [-0.3, -0.25) is 9.59 Å². The molecule has 29 heavy (non-hydrogen) atoms. The summed E-state index contributed by atoms with van der Waals surface area (Å²) in [7, 11) is 0. The van der Waals surface area contributed by atoms with Crippen LogP contribution < -0.4 is 4.74 Å². The van der Waals surface area contributed by atoms with E-state index in [9.17, 15) is 14.7 Å². The van der Waals surface area contributed by atoms with Crippen molar-refractivity contribution in [3.05, 3.63) is 64.7 Å². The molecule has 0 spiro atoms. The molecule has 0 amide bonds. The van der Waals surface area contributed by atoms with Gasteiger partial charge in [-0.2, -0.15) is 0 Å². The van der Waals surface area contributed by atoms with Crippen LogP contribution in [0.2, 0.25) is 0 Å². The zero-order valence-corrected chi connectivity index (χ0v) is 17.8. The molecule has 5 nitrogen and oxygen atoms in total. The molecule has 0 bridgehead atoms. The quantitative estimate of drug-likeness (QED) is 0.643. The van der Waals surface area contributed by atoms with E-state index in [-0.39, 0.29) is 12.8 Å². The van der Waals surface area contributed by atoms with Crippen LogP contribution in [0.3, 0.4) is 0 Å². The maximum Gasteiger partial charge on any atom is 0.307 e. The summed E-state index contributed by atoms with van der Waals surface area (Å²) < 4.78 is 11.2. The lowest BCUT2D eigenvalue weighted by atomic mass is 9.90. The average molecular weight is 398 g/mol. The minimum absolute atomic E-state index is 0.155. The van der Waals surface area contributed by atoms with Crippen LogP contribution in [0.4, 0.5) is 0 Å². The molecule has 2 aromatic carbocycles. The van der Waals surface area contributed by atoms with Crippen molar-refractivity contribution < 1.29 is 24.2 Å². The highest BCUT2D eigenvalue weighted by atomic mass is 16.6. The van der Waals surface area contributed by atoms with Crippen LogP contribution in [0.25, 0.3) is 0 Å². The summed E-state index contributed by atoms with van der Waals surface area (Å²) in [5.74, 6) is -1.59. The molecule has 0 heterocycles. The summed E-state index contributed by atoms with van der Waals surface area (Å²) in [5.41, 5.74) is 3.26. The molecule has 0 aromatic heterocycles. The van der Waals surface area contributed by atoms with Crippen molar-refractivity contribution in [1.82, 2.24) is 0 Å². The number of carboxylic acids is 1. The Morgan fingerprint density at radius 3 is 2.14 bits per heavy atom. The van der Waals surface area contributed by atoms with Gasteiger partial charge in [-0.1, -0.05) is 30.3 Å². The first-order chi connectivity index (χ1) is 13.5. The monoisotopic (exact) mass is 398 g/mol. The van der Waals surface area contributed by atoms with E-state index in [0.717, 1.165) is 28.0 Å². The molecule has 2 aromatic rings. The van der Waals surface area contributed by atoms with Crippen LogP contribution in [0.15, 0.2) is 42.5 Å². The zero-order chi connectivity index (χ0) is 21.6. The molecule has 5 heteroatoms. The Bertz CT molecular complexity index is 826. The summed E-state index contributed by atoms with van der Waals surface area (Å²) in [6.45, 7) is 9.64. The molecule has 0 fully saturated rings. The fourth-order valence-electron chi connectivity index (χ4n) is 3.18. The van der Waals surface area contributed by atoms with Crippen LogP contribution in [-0.2, 0) is 27.4 Å². The topological polar surface area (TPSA) is 72.8 Å². The standard InChI is InChI=1S/C24H30O5/c1-16-11-20(28-15-18-9-7-6-8-10-18)12-17(2)21(16)13-19(23(26)27)14-22(25)29-24(3,4)5/h6-12,19H,13-15H2,1-5H3,(H,26,27). The maximum atomic E-state index is 12.1. The third kappa shape index (κ3) is 7.26. The van der Waals surface area contributed by atoms with E-state index in [4.69, 9.17) is 9.47 Å². The molecule has 0 radical (unpaired) electrons. The van der Waals surface area contributed by atoms with Crippen LogP contribution in [0.1, 0.15) is 49.4 Å². The summed E-state index contributed by atoms with van der Waals surface area (Å²) in [6.07, 6.45) is 0.114. The predicted molar refractivity (Wildman–Crippen MR) is 112 cm³/mol. The minimum atomic E-state index is -1.00. The summed E-state index contributed by atoms with van der Waals surface area (Å²) in [5, 5.41) is 9.60. The van der Waals surface area contributed by atoms with Crippen LogP contribution in [0, 0.1) is 19.8 Å². The lowest BCUT2D eigenvalue weighted by Crippen LogP contribution is -2.28. The molecular weight excluding hydrogens is 368 g/mol. The van der Waals surface area contributed by atoms with Gasteiger partial charge in [0.25, 0.3) is 0 Å². The fourth-order valence-corrected chi connectivity index (χ4v) is 3.18. The molecule has 1 atom stereocenters. The first-order valence-corrected chi connectivity index (χ1v) is 9.76. The highest BCUT2D eigenvalue weighted by Gasteiger charge is 2.26. The van der Waals surface area contributed by atoms with E-state index >= 15 is 0 Å². The van der Waals surface area contributed by atoms with Gasteiger partial charge in [0.05, 0.1) is 12.3 Å². The molecule has 0 saturated carbocycles. The third-order valence-electron chi connectivity index (χ3n) is 4.55. The van der Waals surface area contributed by atoms with Gasteiger partial charge in [-0.05, 0) is 75.4 Å². The van der Waals surface area contributed by atoms with Crippen molar-refractivity contribution in [2.24, 2.45) is 5.92 Å². The number of rotatable bonds is 8. The lowest BCUT2D eigenvalue weighted by molar-refractivity contribution is -0.159. The zero-order valence-electron chi connectivity index (χ0n) is 17.8. The van der Waals surface area contributed by atoms with E-state index < -0.39 is 23.5 Å². The molecule has 0 saturated heterocycles. The van der Waals surface area contributed by atoms with Gasteiger partial charge in [0.15, 0.2) is 0 Å². The van der Waals surface area contributed by atoms with Crippen molar-refractivity contribution in [1.29, 1.82) is 0 Å². The molecule has 0 aliphatic heterocycles. The SMILES string of the molecule is Cc1cc(OCc2ccccc2)cc(C)c1CC(CC(=O)OC(C)(C)C)C(=O)O. The Labute approximate surface area is 172 Å². The molecule has 1 unspecified atom stereocenters. The summed E-state index contributed by atoms with van der Waals surface area (Å²) in [4.78, 5) is 23.8. The Morgan fingerprint density at radius 2 is 1.62 bits per heavy atom. The second-order valence-electron chi connectivity index (χ2n) is 8.34. The molecule has 156 valence electrons. The minimum Gasteiger partial charge on any atom is -0.489 e. The molecule has 2 rings (SSSR count). The van der Waals surface area contributed by atoms with E-state index in [0.29, 0.717) is 6.61 Å². The van der Waals surface area contributed by atoms with Crippen molar-refractivity contribution in [2.75, 3.05) is 0 Å². The predicted octanol–water partition coefficient (Wildman–Crippen LogP) is 4.86. The number of carboxylic acid groups (broad SMARTS) is 1. The number of carbonyl (C=O) groups is 2. The highest BCUT2D eigenvalue weighted by molar-refractivity contribution is 5.79. The Kier molecular flexibility index (Phi) is 7.43.